The van der Waals surface area contributed by atoms with Crippen molar-refractivity contribution in [1.29, 1.82) is 0 Å². The highest BCUT2D eigenvalue weighted by molar-refractivity contribution is 5.80. The number of carbonyl (C=O) groups excluding carboxylic acids is 1. The molecule has 0 aromatic rings. The zero-order valence-corrected chi connectivity index (χ0v) is 10.7. The lowest BCUT2D eigenvalue weighted by atomic mass is 9.79. The molecule has 0 spiro atoms. The normalized spacial score (nSPS) is 39.4. The Morgan fingerprint density at radius 3 is 2.65 bits per heavy atom. The van der Waals surface area contributed by atoms with Gasteiger partial charge in [0.2, 0.25) is 5.91 Å². The number of hydrogen-bond acceptors (Lipinski definition) is 3. The van der Waals surface area contributed by atoms with Gasteiger partial charge in [-0.15, -0.1) is 0 Å². The summed E-state index contributed by atoms with van der Waals surface area (Å²) in [5, 5.41) is 10.6. The molecule has 1 amide bonds. The third kappa shape index (κ3) is 2.99. The van der Waals surface area contributed by atoms with E-state index in [0.717, 1.165) is 51.0 Å². The summed E-state index contributed by atoms with van der Waals surface area (Å²) in [6.07, 6.45) is 5.76. The Morgan fingerprint density at radius 1 is 1.41 bits per heavy atom. The highest BCUT2D eigenvalue weighted by Gasteiger charge is 2.38. The van der Waals surface area contributed by atoms with Gasteiger partial charge in [0.05, 0.1) is 11.6 Å². The fraction of sp³-hybridized carbons (Fsp3) is 0.923. The second-order valence-electron chi connectivity index (χ2n) is 5.94. The number of rotatable bonds is 3. The highest BCUT2D eigenvalue weighted by atomic mass is 16.3. The molecular formula is C13H24N2O2. The van der Waals surface area contributed by atoms with Gasteiger partial charge < -0.3 is 10.8 Å². The number of nitrogens with zero attached hydrogens (tertiary/aromatic N) is 1. The van der Waals surface area contributed by atoms with Crippen LogP contribution in [-0.4, -0.2) is 40.6 Å². The maximum atomic E-state index is 11.3. The Bertz CT molecular complexity index is 285. The molecule has 98 valence electrons. The van der Waals surface area contributed by atoms with Crippen molar-refractivity contribution in [3.63, 3.8) is 0 Å². The maximum Gasteiger partial charge on any atom is 0.234 e. The van der Waals surface area contributed by atoms with Crippen molar-refractivity contribution in [2.45, 2.75) is 57.1 Å². The van der Waals surface area contributed by atoms with Crippen molar-refractivity contribution in [2.24, 2.45) is 11.7 Å². The van der Waals surface area contributed by atoms with Gasteiger partial charge in [0, 0.05) is 6.54 Å². The zero-order valence-electron chi connectivity index (χ0n) is 10.7. The number of aliphatic hydroxyl groups is 1. The van der Waals surface area contributed by atoms with Crippen molar-refractivity contribution in [2.75, 3.05) is 13.1 Å². The molecule has 3 N–H and O–H groups in total. The van der Waals surface area contributed by atoms with E-state index in [9.17, 15) is 9.90 Å². The van der Waals surface area contributed by atoms with Gasteiger partial charge in [0.15, 0.2) is 0 Å². The first-order valence-electron chi connectivity index (χ1n) is 6.76. The third-order valence-corrected chi connectivity index (χ3v) is 4.39. The van der Waals surface area contributed by atoms with Crippen LogP contribution in [0.25, 0.3) is 0 Å². The standard InChI is InChI=1S/C13H24N2O2/c1-10-4-6-13(17,7-5-10)9-15-8-2-3-11(15)12(14)16/h10-11,17H,2-9H2,1H3,(H2,14,16). The molecule has 1 heterocycles. The summed E-state index contributed by atoms with van der Waals surface area (Å²) in [7, 11) is 0. The average Bonchev–Trinajstić information content (AvgIpc) is 2.71. The monoisotopic (exact) mass is 240 g/mol. The molecule has 0 radical (unpaired) electrons. The number of amides is 1. The maximum absolute atomic E-state index is 11.3. The Labute approximate surface area is 103 Å². The summed E-state index contributed by atoms with van der Waals surface area (Å²) in [4.78, 5) is 13.4. The molecule has 4 nitrogen and oxygen atoms in total. The summed E-state index contributed by atoms with van der Waals surface area (Å²) in [5.74, 6) is 0.482. The van der Waals surface area contributed by atoms with Crippen LogP contribution in [-0.2, 0) is 4.79 Å². The number of likely N-dealkylation sites (tertiary alicyclic amines) is 1. The first-order valence-corrected chi connectivity index (χ1v) is 6.76. The molecule has 2 rings (SSSR count). The lowest BCUT2D eigenvalue weighted by Crippen LogP contribution is -2.50. The summed E-state index contributed by atoms with van der Waals surface area (Å²) in [6.45, 7) is 3.75. The molecular weight excluding hydrogens is 216 g/mol. The first-order chi connectivity index (χ1) is 8.00. The van der Waals surface area contributed by atoms with Crippen LogP contribution in [0.1, 0.15) is 45.4 Å². The minimum absolute atomic E-state index is 0.154. The highest BCUT2D eigenvalue weighted by Crippen LogP contribution is 2.33. The molecule has 1 aliphatic heterocycles. The lowest BCUT2D eigenvalue weighted by Gasteiger charge is -2.38. The average molecular weight is 240 g/mol. The second kappa shape index (κ2) is 4.94. The van der Waals surface area contributed by atoms with Crippen LogP contribution in [0.5, 0.6) is 0 Å². The van der Waals surface area contributed by atoms with E-state index in [2.05, 4.69) is 11.8 Å². The van der Waals surface area contributed by atoms with Crippen molar-refractivity contribution in [3.05, 3.63) is 0 Å². The van der Waals surface area contributed by atoms with Gasteiger partial charge in [-0.2, -0.15) is 0 Å². The SMILES string of the molecule is CC1CCC(O)(CN2CCCC2C(N)=O)CC1. The van der Waals surface area contributed by atoms with Crippen molar-refractivity contribution in [3.8, 4) is 0 Å². The molecule has 1 saturated carbocycles. The quantitative estimate of drug-likeness (QED) is 0.769. The Hall–Kier alpha value is -0.610. The Balaban J connectivity index is 1.93. The van der Waals surface area contributed by atoms with Gasteiger partial charge in [-0.05, 0) is 51.0 Å². The zero-order chi connectivity index (χ0) is 12.5. The minimum Gasteiger partial charge on any atom is -0.389 e. The molecule has 2 fully saturated rings. The van der Waals surface area contributed by atoms with Crippen LogP contribution < -0.4 is 5.73 Å². The van der Waals surface area contributed by atoms with E-state index in [0.29, 0.717) is 6.54 Å². The minimum atomic E-state index is -0.593. The van der Waals surface area contributed by atoms with Crippen LogP contribution in [0.3, 0.4) is 0 Å². The van der Waals surface area contributed by atoms with Crippen molar-refractivity contribution >= 4 is 5.91 Å². The molecule has 0 aromatic carbocycles. The molecule has 1 saturated heterocycles. The fourth-order valence-corrected chi connectivity index (χ4v) is 3.17. The Morgan fingerprint density at radius 2 is 2.06 bits per heavy atom. The number of nitrogens with two attached hydrogens (primary N) is 1. The number of primary amides is 1. The summed E-state index contributed by atoms with van der Waals surface area (Å²) in [5.41, 5.74) is 4.80. The predicted molar refractivity (Wildman–Crippen MR) is 66.4 cm³/mol. The molecule has 17 heavy (non-hydrogen) atoms. The van der Waals surface area contributed by atoms with Crippen LogP contribution in [0.4, 0.5) is 0 Å². The van der Waals surface area contributed by atoms with Gasteiger partial charge >= 0.3 is 0 Å². The fourth-order valence-electron chi connectivity index (χ4n) is 3.17. The second-order valence-corrected chi connectivity index (χ2v) is 5.94. The number of β-amino-alcohol motifs (C(OH)–C–C–N with tert-alkyl or cyclic N) is 1. The van der Waals surface area contributed by atoms with Crippen LogP contribution in [0.15, 0.2) is 0 Å². The predicted octanol–water partition coefficient (Wildman–Crippen LogP) is 0.877. The van der Waals surface area contributed by atoms with Gasteiger partial charge in [0.25, 0.3) is 0 Å². The van der Waals surface area contributed by atoms with Crippen LogP contribution in [0, 0.1) is 5.92 Å². The molecule has 4 heteroatoms. The van der Waals surface area contributed by atoms with Gasteiger partial charge in [-0.1, -0.05) is 6.92 Å². The number of carbonyl (C=O) groups is 1. The van der Waals surface area contributed by atoms with E-state index in [1.807, 2.05) is 0 Å². The Kier molecular flexibility index (Phi) is 3.73. The molecule has 1 unspecified atom stereocenters. The van der Waals surface area contributed by atoms with E-state index >= 15 is 0 Å². The topological polar surface area (TPSA) is 66.6 Å². The number of hydrogen-bond donors (Lipinski definition) is 2. The largest absolute Gasteiger partial charge is 0.389 e. The smallest absolute Gasteiger partial charge is 0.234 e. The van der Waals surface area contributed by atoms with E-state index in [1.165, 1.54) is 0 Å². The summed E-state index contributed by atoms with van der Waals surface area (Å²) >= 11 is 0. The van der Waals surface area contributed by atoms with Crippen molar-refractivity contribution < 1.29 is 9.90 Å². The molecule has 1 aliphatic carbocycles. The van der Waals surface area contributed by atoms with Crippen molar-refractivity contribution in [1.82, 2.24) is 4.90 Å². The molecule has 0 aromatic heterocycles. The van der Waals surface area contributed by atoms with E-state index < -0.39 is 5.60 Å². The van der Waals surface area contributed by atoms with E-state index in [4.69, 9.17) is 5.73 Å². The third-order valence-electron chi connectivity index (χ3n) is 4.39. The molecule has 2 aliphatic rings. The van der Waals surface area contributed by atoms with E-state index in [1.54, 1.807) is 0 Å². The lowest BCUT2D eigenvalue weighted by molar-refractivity contribution is -0.123. The molecule has 0 bridgehead atoms. The van der Waals surface area contributed by atoms with Crippen LogP contribution >= 0.6 is 0 Å². The van der Waals surface area contributed by atoms with Gasteiger partial charge in [0.1, 0.15) is 0 Å². The van der Waals surface area contributed by atoms with Gasteiger partial charge in [-0.25, -0.2) is 0 Å². The van der Waals surface area contributed by atoms with Gasteiger partial charge in [-0.3, -0.25) is 9.69 Å². The first kappa shape index (κ1) is 12.8. The summed E-state index contributed by atoms with van der Waals surface area (Å²) < 4.78 is 0. The van der Waals surface area contributed by atoms with Crippen LogP contribution in [0.2, 0.25) is 0 Å². The summed E-state index contributed by atoms with van der Waals surface area (Å²) in [6, 6.07) is -0.154. The molecule has 1 atom stereocenters. The van der Waals surface area contributed by atoms with E-state index in [-0.39, 0.29) is 11.9 Å².